The van der Waals surface area contributed by atoms with Crippen LogP contribution in [-0.2, 0) is 11.3 Å². The van der Waals surface area contributed by atoms with Gasteiger partial charge in [-0.2, -0.15) is 13.2 Å². The quantitative estimate of drug-likeness (QED) is 0.807. The first-order valence-electron chi connectivity index (χ1n) is 7.54. The molecule has 1 atom stereocenters. The summed E-state index contributed by atoms with van der Waals surface area (Å²) in [7, 11) is 0. The lowest BCUT2D eigenvalue weighted by molar-refractivity contribution is -0.153. The minimum atomic E-state index is -4.47. The molecule has 1 unspecified atom stereocenters. The number of likely N-dealkylation sites (tertiary alicyclic amines) is 1. The van der Waals surface area contributed by atoms with Crippen LogP contribution in [0.2, 0.25) is 0 Å². The molecular formula is C16H21ClF4N2O. The van der Waals surface area contributed by atoms with Gasteiger partial charge in [-0.3, -0.25) is 9.69 Å². The highest BCUT2D eigenvalue weighted by atomic mass is 35.5. The maximum atomic E-state index is 13.5. The van der Waals surface area contributed by atoms with E-state index in [9.17, 15) is 22.4 Å². The van der Waals surface area contributed by atoms with Crippen molar-refractivity contribution in [1.82, 2.24) is 10.2 Å². The predicted octanol–water partition coefficient (Wildman–Crippen LogP) is 3.45. The van der Waals surface area contributed by atoms with Gasteiger partial charge in [-0.25, -0.2) is 4.39 Å². The Morgan fingerprint density at radius 1 is 1.38 bits per heavy atom. The zero-order chi connectivity index (χ0) is 17.0. The third-order valence-electron chi connectivity index (χ3n) is 3.96. The smallest absolute Gasteiger partial charge is 0.355 e. The molecule has 0 saturated carbocycles. The van der Waals surface area contributed by atoms with E-state index in [4.69, 9.17) is 0 Å². The zero-order valence-electron chi connectivity index (χ0n) is 13.3. The van der Waals surface area contributed by atoms with Crippen LogP contribution >= 0.6 is 12.4 Å². The molecule has 0 aliphatic carbocycles. The first-order valence-corrected chi connectivity index (χ1v) is 7.54. The lowest BCUT2D eigenvalue weighted by Crippen LogP contribution is -2.33. The molecule has 0 radical (unpaired) electrons. The minimum absolute atomic E-state index is 0. The highest BCUT2D eigenvalue weighted by Crippen LogP contribution is 2.21. The van der Waals surface area contributed by atoms with Gasteiger partial charge in [0.15, 0.2) is 0 Å². The molecule has 1 amide bonds. The second-order valence-corrected chi connectivity index (χ2v) is 6.07. The summed E-state index contributed by atoms with van der Waals surface area (Å²) in [4.78, 5) is 13.3. The molecule has 136 valence electrons. The van der Waals surface area contributed by atoms with Crippen molar-refractivity contribution in [2.24, 2.45) is 5.92 Å². The number of hydrogen-bond donors (Lipinski definition) is 1. The summed E-state index contributed by atoms with van der Waals surface area (Å²) < 4.78 is 49.7. The number of alkyl halides is 3. The van der Waals surface area contributed by atoms with Crippen molar-refractivity contribution in [2.45, 2.75) is 32.5 Å². The van der Waals surface area contributed by atoms with Gasteiger partial charge in [-0.1, -0.05) is 12.1 Å². The number of benzene rings is 1. The molecule has 0 aromatic heterocycles. The molecule has 24 heavy (non-hydrogen) atoms. The second kappa shape index (κ2) is 8.67. The molecule has 1 aliphatic heterocycles. The molecule has 2 rings (SSSR count). The van der Waals surface area contributed by atoms with Crippen LogP contribution in [-0.4, -0.2) is 36.6 Å². The molecule has 1 fully saturated rings. The van der Waals surface area contributed by atoms with Crippen LogP contribution in [0.15, 0.2) is 18.2 Å². The van der Waals surface area contributed by atoms with Crippen molar-refractivity contribution in [3.8, 4) is 0 Å². The number of hydrogen-bond acceptors (Lipinski definition) is 2. The first kappa shape index (κ1) is 20.7. The van der Waals surface area contributed by atoms with E-state index in [1.807, 2.05) is 6.07 Å². The maximum absolute atomic E-state index is 13.5. The molecule has 1 aromatic carbocycles. The van der Waals surface area contributed by atoms with Crippen LogP contribution in [0.5, 0.6) is 0 Å². The Morgan fingerprint density at radius 3 is 2.71 bits per heavy atom. The summed E-state index contributed by atoms with van der Waals surface area (Å²) in [6.07, 6.45) is -5.10. The number of halogens is 5. The fourth-order valence-electron chi connectivity index (χ4n) is 2.72. The molecule has 0 bridgehead atoms. The molecular weight excluding hydrogens is 348 g/mol. The molecule has 1 aliphatic rings. The summed E-state index contributed by atoms with van der Waals surface area (Å²) in [5.41, 5.74) is 1.47. The first-order chi connectivity index (χ1) is 10.7. The highest BCUT2D eigenvalue weighted by molar-refractivity contribution is 5.85. The van der Waals surface area contributed by atoms with Gasteiger partial charge < -0.3 is 5.32 Å². The summed E-state index contributed by atoms with van der Waals surface area (Å²) in [5.74, 6) is -1.10. The van der Waals surface area contributed by atoms with Crippen LogP contribution in [0.4, 0.5) is 17.6 Å². The minimum Gasteiger partial charge on any atom is -0.355 e. The van der Waals surface area contributed by atoms with E-state index in [2.05, 4.69) is 10.2 Å². The lowest BCUT2D eigenvalue weighted by Gasteiger charge is -2.17. The van der Waals surface area contributed by atoms with E-state index in [0.29, 0.717) is 18.7 Å². The maximum Gasteiger partial charge on any atom is 0.397 e. The van der Waals surface area contributed by atoms with E-state index in [0.717, 1.165) is 18.5 Å². The average Bonchev–Trinajstić information content (AvgIpc) is 2.86. The number of carbonyl (C=O) groups excluding carboxylic acids is 1. The average molecular weight is 369 g/mol. The number of nitrogens with zero attached hydrogens (tertiary/aromatic N) is 1. The third kappa shape index (κ3) is 6.65. The van der Waals surface area contributed by atoms with Crippen molar-refractivity contribution in [2.75, 3.05) is 19.6 Å². The van der Waals surface area contributed by atoms with Gasteiger partial charge in [-0.05, 0) is 43.0 Å². The SMILES string of the molecule is Cc1ccc(CN2CCC(CNC(=O)CC(F)(F)F)C2)cc1F.Cl. The van der Waals surface area contributed by atoms with E-state index in [1.165, 1.54) is 6.07 Å². The van der Waals surface area contributed by atoms with E-state index < -0.39 is 18.5 Å². The lowest BCUT2D eigenvalue weighted by atomic mass is 10.1. The number of nitrogens with one attached hydrogen (secondary N) is 1. The Kier molecular flexibility index (Phi) is 7.48. The Balaban J connectivity index is 0.00000288. The van der Waals surface area contributed by atoms with Crippen LogP contribution in [0, 0.1) is 18.7 Å². The van der Waals surface area contributed by atoms with Gasteiger partial charge in [0, 0.05) is 19.6 Å². The normalized spacial score (nSPS) is 18.3. The van der Waals surface area contributed by atoms with E-state index >= 15 is 0 Å². The zero-order valence-corrected chi connectivity index (χ0v) is 14.1. The Labute approximate surface area is 144 Å². The number of aryl methyl sites for hydroxylation is 1. The topological polar surface area (TPSA) is 32.3 Å². The van der Waals surface area contributed by atoms with Crippen molar-refractivity contribution in [3.63, 3.8) is 0 Å². The Morgan fingerprint density at radius 2 is 2.08 bits per heavy atom. The van der Waals surface area contributed by atoms with E-state index in [1.54, 1.807) is 13.0 Å². The summed E-state index contributed by atoms with van der Waals surface area (Å²) in [5, 5.41) is 2.34. The molecule has 1 N–H and O–H groups in total. The van der Waals surface area contributed by atoms with E-state index in [-0.39, 0.29) is 30.7 Å². The molecule has 1 saturated heterocycles. The van der Waals surface area contributed by atoms with Gasteiger partial charge in [0.25, 0.3) is 0 Å². The molecule has 1 heterocycles. The van der Waals surface area contributed by atoms with Gasteiger partial charge >= 0.3 is 6.18 Å². The van der Waals surface area contributed by atoms with Crippen LogP contribution < -0.4 is 5.32 Å². The monoisotopic (exact) mass is 368 g/mol. The van der Waals surface area contributed by atoms with Gasteiger partial charge in [-0.15, -0.1) is 12.4 Å². The highest BCUT2D eigenvalue weighted by Gasteiger charge is 2.31. The van der Waals surface area contributed by atoms with Gasteiger partial charge in [0.05, 0.1) is 0 Å². The van der Waals surface area contributed by atoms with Crippen molar-refractivity contribution < 1.29 is 22.4 Å². The molecule has 1 aromatic rings. The molecule has 3 nitrogen and oxygen atoms in total. The second-order valence-electron chi connectivity index (χ2n) is 6.07. The number of carbonyl (C=O) groups is 1. The standard InChI is InChI=1S/C16H20F4N2O.ClH/c1-11-2-3-12(6-14(11)17)9-22-5-4-13(10-22)8-21-15(23)7-16(18,19)20;/h2-3,6,13H,4-5,7-10H2,1H3,(H,21,23);1H. The summed E-state index contributed by atoms with van der Waals surface area (Å²) >= 11 is 0. The largest absolute Gasteiger partial charge is 0.397 e. The van der Waals surface area contributed by atoms with Gasteiger partial charge in [0.1, 0.15) is 12.2 Å². The van der Waals surface area contributed by atoms with Crippen molar-refractivity contribution in [3.05, 3.63) is 35.1 Å². The fraction of sp³-hybridized carbons (Fsp3) is 0.562. The van der Waals surface area contributed by atoms with Crippen molar-refractivity contribution in [1.29, 1.82) is 0 Å². The van der Waals surface area contributed by atoms with Gasteiger partial charge in [0.2, 0.25) is 5.91 Å². The molecule has 0 spiro atoms. The Hall–Kier alpha value is -1.34. The Bertz CT molecular complexity index is 565. The van der Waals surface area contributed by atoms with Crippen LogP contribution in [0.1, 0.15) is 24.0 Å². The third-order valence-corrected chi connectivity index (χ3v) is 3.96. The molecule has 8 heteroatoms. The summed E-state index contributed by atoms with van der Waals surface area (Å²) in [6, 6.07) is 5.11. The number of amides is 1. The van der Waals surface area contributed by atoms with Crippen LogP contribution in [0.3, 0.4) is 0 Å². The predicted molar refractivity (Wildman–Crippen MR) is 85.5 cm³/mol. The fourth-order valence-corrected chi connectivity index (χ4v) is 2.72. The van der Waals surface area contributed by atoms with Crippen molar-refractivity contribution >= 4 is 18.3 Å². The summed E-state index contributed by atoms with van der Waals surface area (Å²) in [6.45, 7) is 4.02. The number of rotatable bonds is 5. The van der Waals surface area contributed by atoms with Crippen LogP contribution in [0.25, 0.3) is 0 Å².